The first-order valence-corrected chi connectivity index (χ1v) is 12.9. The first-order valence-electron chi connectivity index (χ1n) is 12.5. The SMILES string of the molecule is O=C(NC1CCCCC1)[C@H](Cc1ccccc1)N(Cc1cccc(Cl)c1)C(=O)Cc1ccccc1. The van der Waals surface area contributed by atoms with Crippen molar-refractivity contribution in [3.63, 3.8) is 0 Å². The number of nitrogens with zero attached hydrogens (tertiary/aromatic N) is 1. The van der Waals surface area contributed by atoms with E-state index in [2.05, 4.69) is 5.32 Å². The van der Waals surface area contributed by atoms with Gasteiger partial charge in [0.1, 0.15) is 6.04 Å². The summed E-state index contributed by atoms with van der Waals surface area (Å²) < 4.78 is 0. The van der Waals surface area contributed by atoms with E-state index in [0.29, 0.717) is 18.0 Å². The van der Waals surface area contributed by atoms with Crippen LogP contribution in [0.2, 0.25) is 5.02 Å². The molecule has 1 aliphatic rings. The van der Waals surface area contributed by atoms with Gasteiger partial charge in [-0.2, -0.15) is 0 Å². The van der Waals surface area contributed by atoms with Crippen LogP contribution in [-0.2, 0) is 29.0 Å². The first kappa shape index (κ1) is 25.0. The van der Waals surface area contributed by atoms with Gasteiger partial charge < -0.3 is 10.2 Å². The van der Waals surface area contributed by atoms with E-state index in [1.807, 2.05) is 84.9 Å². The molecule has 1 aliphatic carbocycles. The molecule has 3 aromatic carbocycles. The lowest BCUT2D eigenvalue weighted by Gasteiger charge is -2.33. The van der Waals surface area contributed by atoms with Crippen molar-refractivity contribution in [3.8, 4) is 0 Å². The molecule has 1 saturated carbocycles. The molecular formula is C30H33ClN2O2. The van der Waals surface area contributed by atoms with Crippen molar-refractivity contribution in [3.05, 3.63) is 107 Å². The third-order valence-corrected chi connectivity index (χ3v) is 6.90. The predicted octanol–water partition coefficient (Wildman–Crippen LogP) is 5.97. The lowest BCUT2D eigenvalue weighted by atomic mass is 9.94. The summed E-state index contributed by atoms with van der Waals surface area (Å²) in [5.41, 5.74) is 2.86. The van der Waals surface area contributed by atoms with E-state index >= 15 is 0 Å². The number of hydrogen-bond acceptors (Lipinski definition) is 2. The molecule has 4 rings (SSSR count). The molecule has 1 atom stereocenters. The van der Waals surface area contributed by atoms with Gasteiger partial charge in [0.25, 0.3) is 0 Å². The molecular weight excluding hydrogens is 456 g/mol. The number of amides is 2. The zero-order valence-electron chi connectivity index (χ0n) is 20.0. The molecule has 5 heteroatoms. The zero-order valence-corrected chi connectivity index (χ0v) is 20.8. The minimum Gasteiger partial charge on any atom is -0.352 e. The maximum atomic E-state index is 13.7. The lowest BCUT2D eigenvalue weighted by Crippen LogP contribution is -2.53. The van der Waals surface area contributed by atoms with Gasteiger partial charge in [-0.1, -0.05) is 104 Å². The maximum absolute atomic E-state index is 13.7. The molecule has 0 aromatic heterocycles. The van der Waals surface area contributed by atoms with Crippen molar-refractivity contribution in [2.24, 2.45) is 0 Å². The van der Waals surface area contributed by atoms with Gasteiger partial charge in [-0.3, -0.25) is 9.59 Å². The predicted molar refractivity (Wildman–Crippen MR) is 141 cm³/mol. The van der Waals surface area contributed by atoms with Gasteiger partial charge in [-0.05, 0) is 41.7 Å². The Balaban J connectivity index is 1.64. The Labute approximate surface area is 213 Å². The fourth-order valence-corrected chi connectivity index (χ4v) is 5.02. The van der Waals surface area contributed by atoms with Gasteiger partial charge in [-0.25, -0.2) is 0 Å². The van der Waals surface area contributed by atoms with Crippen LogP contribution in [0.3, 0.4) is 0 Å². The summed E-state index contributed by atoms with van der Waals surface area (Å²) in [6.07, 6.45) is 6.17. The van der Waals surface area contributed by atoms with Gasteiger partial charge in [0.05, 0.1) is 6.42 Å². The fourth-order valence-electron chi connectivity index (χ4n) is 4.80. The minimum absolute atomic E-state index is 0.0732. The van der Waals surface area contributed by atoms with E-state index in [4.69, 9.17) is 11.6 Å². The minimum atomic E-state index is -0.616. The topological polar surface area (TPSA) is 49.4 Å². The number of carbonyl (C=O) groups excluding carboxylic acids is 2. The highest BCUT2D eigenvalue weighted by molar-refractivity contribution is 6.30. The van der Waals surface area contributed by atoms with Crippen LogP contribution in [0.5, 0.6) is 0 Å². The molecule has 3 aromatic rings. The number of halogens is 1. The summed E-state index contributed by atoms with van der Waals surface area (Å²) in [5, 5.41) is 3.89. The van der Waals surface area contributed by atoms with Crippen LogP contribution in [0.15, 0.2) is 84.9 Å². The van der Waals surface area contributed by atoms with Crippen molar-refractivity contribution >= 4 is 23.4 Å². The van der Waals surface area contributed by atoms with E-state index in [1.165, 1.54) is 6.42 Å². The normalized spacial score (nSPS) is 14.8. The van der Waals surface area contributed by atoms with Gasteiger partial charge >= 0.3 is 0 Å². The summed E-state index contributed by atoms with van der Waals surface area (Å²) >= 11 is 6.26. The molecule has 1 N–H and O–H groups in total. The number of hydrogen-bond donors (Lipinski definition) is 1. The number of nitrogens with one attached hydrogen (secondary N) is 1. The highest BCUT2D eigenvalue weighted by atomic mass is 35.5. The fraction of sp³-hybridized carbons (Fsp3) is 0.333. The zero-order chi connectivity index (χ0) is 24.5. The van der Waals surface area contributed by atoms with E-state index in [9.17, 15) is 9.59 Å². The Kier molecular flexibility index (Phi) is 8.96. The number of rotatable bonds is 9. The largest absolute Gasteiger partial charge is 0.352 e. The van der Waals surface area contributed by atoms with Crippen molar-refractivity contribution in [1.29, 1.82) is 0 Å². The maximum Gasteiger partial charge on any atom is 0.243 e. The highest BCUT2D eigenvalue weighted by Gasteiger charge is 2.32. The Morgan fingerprint density at radius 2 is 1.46 bits per heavy atom. The lowest BCUT2D eigenvalue weighted by molar-refractivity contribution is -0.141. The molecule has 0 radical (unpaired) electrons. The highest BCUT2D eigenvalue weighted by Crippen LogP contribution is 2.21. The second-order valence-electron chi connectivity index (χ2n) is 9.36. The van der Waals surface area contributed by atoms with Crippen LogP contribution in [0.1, 0.15) is 48.8 Å². The molecule has 2 amide bonds. The second-order valence-corrected chi connectivity index (χ2v) is 9.80. The Morgan fingerprint density at radius 1 is 0.829 bits per heavy atom. The van der Waals surface area contributed by atoms with Crippen LogP contribution in [0.25, 0.3) is 0 Å². The summed E-state index contributed by atoms with van der Waals surface area (Å²) in [5.74, 6) is -0.153. The Hall–Kier alpha value is -3.11. The Bertz CT molecular complexity index is 1100. The van der Waals surface area contributed by atoms with Gasteiger partial charge in [-0.15, -0.1) is 0 Å². The smallest absolute Gasteiger partial charge is 0.243 e. The van der Waals surface area contributed by atoms with Crippen LogP contribution in [0, 0.1) is 0 Å². The molecule has 0 aliphatic heterocycles. The van der Waals surface area contributed by atoms with E-state index in [-0.39, 0.29) is 24.3 Å². The monoisotopic (exact) mass is 488 g/mol. The van der Waals surface area contributed by atoms with Gasteiger partial charge in [0.15, 0.2) is 0 Å². The van der Waals surface area contributed by atoms with E-state index < -0.39 is 6.04 Å². The van der Waals surface area contributed by atoms with Crippen LogP contribution >= 0.6 is 11.6 Å². The van der Waals surface area contributed by atoms with Crippen molar-refractivity contribution in [2.75, 3.05) is 0 Å². The molecule has 0 spiro atoms. The Morgan fingerprint density at radius 3 is 2.11 bits per heavy atom. The average Bonchev–Trinajstić information content (AvgIpc) is 2.88. The molecule has 1 fully saturated rings. The third kappa shape index (κ3) is 7.43. The quantitative estimate of drug-likeness (QED) is 0.403. The van der Waals surface area contributed by atoms with E-state index in [1.54, 1.807) is 4.90 Å². The van der Waals surface area contributed by atoms with Crippen LogP contribution in [0.4, 0.5) is 0 Å². The molecule has 0 saturated heterocycles. The summed E-state index contributed by atoms with van der Waals surface area (Å²) in [4.78, 5) is 29.2. The van der Waals surface area contributed by atoms with Crippen molar-refractivity contribution < 1.29 is 9.59 Å². The third-order valence-electron chi connectivity index (χ3n) is 6.66. The standard InChI is InChI=1S/C30H33ClN2O2/c31-26-16-10-15-25(19-26)22-33(29(34)21-24-13-6-2-7-14-24)28(20-23-11-4-1-5-12-23)30(35)32-27-17-8-3-9-18-27/h1-2,4-7,10-16,19,27-28H,3,8-9,17-18,20-22H2,(H,32,35)/t28-/m0/s1. The summed E-state index contributed by atoms with van der Waals surface area (Å²) in [7, 11) is 0. The molecule has 35 heavy (non-hydrogen) atoms. The molecule has 4 nitrogen and oxygen atoms in total. The van der Waals surface area contributed by atoms with Crippen molar-refractivity contribution in [2.45, 2.75) is 63.6 Å². The van der Waals surface area contributed by atoms with Gasteiger partial charge in [0, 0.05) is 24.0 Å². The molecule has 0 heterocycles. The van der Waals surface area contributed by atoms with Crippen molar-refractivity contribution in [1.82, 2.24) is 10.2 Å². The number of benzene rings is 3. The second kappa shape index (κ2) is 12.6. The number of carbonyl (C=O) groups is 2. The molecule has 0 bridgehead atoms. The van der Waals surface area contributed by atoms with Crippen LogP contribution < -0.4 is 5.32 Å². The molecule has 182 valence electrons. The van der Waals surface area contributed by atoms with E-state index in [0.717, 1.165) is 42.4 Å². The first-order chi connectivity index (χ1) is 17.1. The molecule has 0 unspecified atom stereocenters. The summed E-state index contributed by atoms with van der Waals surface area (Å²) in [6, 6.07) is 26.7. The average molecular weight is 489 g/mol. The van der Waals surface area contributed by atoms with Crippen LogP contribution in [-0.4, -0.2) is 28.8 Å². The van der Waals surface area contributed by atoms with Gasteiger partial charge in [0.2, 0.25) is 11.8 Å². The summed E-state index contributed by atoms with van der Waals surface area (Å²) in [6.45, 7) is 0.321.